The zero-order valence-electron chi connectivity index (χ0n) is 10.9. The van der Waals surface area contributed by atoms with Crippen molar-refractivity contribution in [2.24, 2.45) is 0 Å². The number of methoxy groups -OCH3 is 1. The molecule has 2 aromatic rings. The first-order valence-electron chi connectivity index (χ1n) is 5.97. The molecule has 0 bridgehead atoms. The Labute approximate surface area is 119 Å². The smallest absolute Gasteiger partial charge is 0.243 e. The van der Waals surface area contributed by atoms with Crippen LogP contribution in [-0.4, -0.2) is 45.6 Å². The van der Waals surface area contributed by atoms with Crippen molar-refractivity contribution in [3.8, 4) is 0 Å². The molecule has 7 heteroatoms. The molecule has 0 aliphatic heterocycles. The van der Waals surface area contributed by atoms with Crippen LogP contribution >= 0.6 is 15.9 Å². The average Bonchev–Trinajstić information content (AvgIpc) is 2.76. The second kappa shape index (κ2) is 5.85. The Morgan fingerprint density at radius 2 is 2.32 bits per heavy atom. The molecule has 6 nitrogen and oxygen atoms in total. The molecule has 104 valence electrons. The molecule has 0 aliphatic rings. The van der Waals surface area contributed by atoms with Crippen molar-refractivity contribution in [2.75, 3.05) is 25.6 Å². The topological polar surface area (TPSA) is 71.7 Å². The number of ether oxygens (including phenoxy) is 1. The molecular weight excluding hydrogens is 312 g/mol. The monoisotopic (exact) mass is 328 g/mol. The Kier molecular flexibility index (Phi) is 4.38. The summed E-state index contributed by atoms with van der Waals surface area (Å²) in [5.41, 5.74) is -0.101. The number of fused-ring (bicyclic) bond motifs is 1. The van der Waals surface area contributed by atoms with Crippen molar-refractivity contribution in [1.29, 1.82) is 0 Å². The van der Waals surface area contributed by atoms with Gasteiger partial charge in [0, 0.05) is 37.4 Å². The molecule has 0 aliphatic carbocycles. The van der Waals surface area contributed by atoms with Crippen LogP contribution in [0.2, 0.25) is 0 Å². The lowest BCUT2D eigenvalue weighted by Crippen LogP contribution is -2.34. The normalized spacial score (nSPS) is 14.5. The minimum absolute atomic E-state index is 0.369. The number of anilines is 1. The molecule has 2 rings (SSSR count). The fraction of sp³-hybridized carbons (Fsp3) is 0.500. The maximum atomic E-state index is 10.1. The number of aromatic nitrogens is 3. The third-order valence-electron chi connectivity index (χ3n) is 2.77. The van der Waals surface area contributed by atoms with Gasteiger partial charge in [0.2, 0.25) is 5.95 Å². The summed E-state index contributed by atoms with van der Waals surface area (Å²) in [7, 11) is 1.62. The van der Waals surface area contributed by atoms with Crippen LogP contribution < -0.4 is 5.32 Å². The van der Waals surface area contributed by atoms with Crippen LogP contribution in [0.5, 0.6) is 0 Å². The van der Waals surface area contributed by atoms with Crippen LogP contribution in [-0.2, 0) is 4.74 Å². The van der Waals surface area contributed by atoms with E-state index in [0.717, 1.165) is 10.1 Å². The van der Waals surface area contributed by atoms with Gasteiger partial charge in [-0.2, -0.15) is 4.98 Å². The fourth-order valence-corrected chi connectivity index (χ4v) is 1.94. The highest BCUT2D eigenvalue weighted by molar-refractivity contribution is 9.10. The van der Waals surface area contributed by atoms with E-state index >= 15 is 0 Å². The number of pyridine rings is 1. The molecule has 2 N–H and O–H groups in total. The molecule has 0 fully saturated rings. The number of nitrogens with one attached hydrogen (secondary N) is 1. The van der Waals surface area contributed by atoms with Crippen LogP contribution in [0, 0.1) is 0 Å². The Hall–Kier alpha value is -1.18. The van der Waals surface area contributed by atoms with Gasteiger partial charge >= 0.3 is 0 Å². The summed E-state index contributed by atoms with van der Waals surface area (Å²) in [4.78, 5) is 4.31. The highest BCUT2D eigenvalue weighted by atomic mass is 79.9. The second-order valence-corrected chi connectivity index (χ2v) is 5.59. The van der Waals surface area contributed by atoms with E-state index in [1.165, 1.54) is 0 Å². The van der Waals surface area contributed by atoms with E-state index in [4.69, 9.17) is 4.74 Å². The standard InChI is InChI=1S/C12H17BrN4O2/c1-12(18,5-6-19-2)8-14-11-15-10-4-3-9(13)7-17(10)16-11/h3-4,7,18H,5-6,8H2,1-2H3,(H,14,16). The third-order valence-corrected chi connectivity index (χ3v) is 3.24. The van der Waals surface area contributed by atoms with Crippen molar-refractivity contribution < 1.29 is 9.84 Å². The zero-order valence-corrected chi connectivity index (χ0v) is 12.5. The summed E-state index contributed by atoms with van der Waals surface area (Å²) in [6.07, 6.45) is 2.38. The van der Waals surface area contributed by atoms with Gasteiger partial charge in [0.15, 0.2) is 5.65 Å². The third kappa shape index (κ3) is 3.89. The van der Waals surface area contributed by atoms with E-state index < -0.39 is 5.60 Å². The fourth-order valence-electron chi connectivity index (χ4n) is 1.61. The molecule has 1 unspecified atom stereocenters. The number of nitrogens with zero attached hydrogens (tertiary/aromatic N) is 3. The maximum Gasteiger partial charge on any atom is 0.243 e. The van der Waals surface area contributed by atoms with Crippen molar-refractivity contribution in [3.05, 3.63) is 22.8 Å². The largest absolute Gasteiger partial charge is 0.388 e. The maximum absolute atomic E-state index is 10.1. The molecule has 0 aromatic carbocycles. The van der Waals surface area contributed by atoms with Crippen LogP contribution in [0.4, 0.5) is 5.95 Å². The highest BCUT2D eigenvalue weighted by Gasteiger charge is 2.20. The minimum Gasteiger partial charge on any atom is -0.388 e. The quantitative estimate of drug-likeness (QED) is 0.844. The van der Waals surface area contributed by atoms with Gasteiger partial charge < -0.3 is 15.2 Å². The summed E-state index contributed by atoms with van der Waals surface area (Å²) in [5.74, 6) is 0.496. The predicted molar refractivity (Wildman–Crippen MR) is 76.3 cm³/mol. The van der Waals surface area contributed by atoms with Gasteiger partial charge in [-0.3, -0.25) is 0 Å². The molecule has 0 radical (unpaired) electrons. The van der Waals surface area contributed by atoms with E-state index in [2.05, 4.69) is 31.3 Å². The van der Waals surface area contributed by atoms with E-state index in [1.807, 2.05) is 18.3 Å². The summed E-state index contributed by atoms with van der Waals surface area (Å²) in [5, 5.41) is 17.4. The van der Waals surface area contributed by atoms with E-state index in [1.54, 1.807) is 18.5 Å². The van der Waals surface area contributed by atoms with Gasteiger partial charge in [0.1, 0.15) is 0 Å². The lowest BCUT2D eigenvalue weighted by Gasteiger charge is -2.22. The summed E-state index contributed by atoms with van der Waals surface area (Å²) in [6.45, 7) is 2.64. The molecule has 0 amide bonds. The SMILES string of the molecule is COCCC(C)(O)CNc1nc2ccc(Br)cn2n1. The van der Waals surface area contributed by atoms with E-state index in [0.29, 0.717) is 25.5 Å². The number of halogens is 1. The van der Waals surface area contributed by atoms with E-state index in [9.17, 15) is 5.11 Å². The molecule has 2 aromatic heterocycles. The summed E-state index contributed by atoms with van der Waals surface area (Å²) in [6, 6.07) is 3.77. The number of rotatable bonds is 6. The molecular formula is C12H17BrN4O2. The Balaban J connectivity index is 2.01. The number of aliphatic hydroxyl groups is 1. The van der Waals surface area contributed by atoms with Crippen molar-refractivity contribution in [2.45, 2.75) is 18.9 Å². The predicted octanol–water partition coefficient (Wildman–Crippen LogP) is 1.69. The van der Waals surface area contributed by atoms with Gasteiger partial charge in [-0.1, -0.05) is 0 Å². The van der Waals surface area contributed by atoms with Gasteiger partial charge in [-0.05, 0) is 35.0 Å². The number of hydrogen-bond donors (Lipinski definition) is 2. The summed E-state index contributed by atoms with van der Waals surface area (Å²) >= 11 is 3.38. The lowest BCUT2D eigenvalue weighted by atomic mass is 10.0. The van der Waals surface area contributed by atoms with Crippen molar-refractivity contribution in [3.63, 3.8) is 0 Å². The Bertz CT molecular complexity index is 556. The van der Waals surface area contributed by atoms with Crippen molar-refractivity contribution >= 4 is 27.5 Å². The highest BCUT2D eigenvalue weighted by Crippen LogP contribution is 2.14. The van der Waals surface area contributed by atoms with Crippen LogP contribution in [0.25, 0.3) is 5.65 Å². The lowest BCUT2D eigenvalue weighted by molar-refractivity contribution is 0.0356. The van der Waals surface area contributed by atoms with Crippen LogP contribution in [0.15, 0.2) is 22.8 Å². The van der Waals surface area contributed by atoms with Gasteiger partial charge in [0.05, 0.1) is 5.60 Å². The van der Waals surface area contributed by atoms with Gasteiger partial charge in [-0.25, -0.2) is 4.52 Å². The molecule has 0 saturated carbocycles. The first-order chi connectivity index (χ1) is 9.00. The average molecular weight is 329 g/mol. The molecule has 1 atom stereocenters. The molecule has 2 heterocycles. The number of hydrogen-bond acceptors (Lipinski definition) is 5. The first-order valence-corrected chi connectivity index (χ1v) is 6.77. The van der Waals surface area contributed by atoms with Crippen LogP contribution in [0.1, 0.15) is 13.3 Å². The van der Waals surface area contributed by atoms with Gasteiger partial charge in [0.25, 0.3) is 0 Å². The molecule has 0 spiro atoms. The van der Waals surface area contributed by atoms with Crippen molar-refractivity contribution in [1.82, 2.24) is 14.6 Å². The summed E-state index contributed by atoms with van der Waals surface area (Å²) < 4.78 is 7.57. The van der Waals surface area contributed by atoms with Gasteiger partial charge in [-0.15, -0.1) is 5.10 Å². The first kappa shape index (κ1) is 14.2. The molecule has 0 saturated heterocycles. The second-order valence-electron chi connectivity index (χ2n) is 4.68. The minimum atomic E-state index is -0.853. The Morgan fingerprint density at radius 3 is 3.05 bits per heavy atom. The Morgan fingerprint density at radius 1 is 1.53 bits per heavy atom. The molecule has 19 heavy (non-hydrogen) atoms. The van der Waals surface area contributed by atoms with E-state index in [-0.39, 0.29) is 0 Å². The van der Waals surface area contributed by atoms with Crippen LogP contribution in [0.3, 0.4) is 0 Å². The zero-order chi connectivity index (χ0) is 13.9.